The second kappa shape index (κ2) is 8.14. The molecule has 1 saturated heterocycles. The summed E-state index contributed by atoms with van der Waals surface area (Å²) >= 11 is 0. The van der Waals surface area contributed by atoms with Crippen LogP contribution in [0.2, 0.25) is 0 Å². The summed E-state index contributed by atoms with van der Waals surface area (Å²) in [5.74, 6) is -0.935. The first kappa shape index (κ1) is 19.9. The van der Waals surface area contributed by atoms with Crippen LogP contribution in [0.1, 0.15) is 25.5 Å². The number of aromatic nitrogens is 1. The Morgan fingerprint density at radius 2 is 1.80 bits per heavy atom. The molecule has 3 atom stereocenters. The van der Waals surface area contributed by atoms with E-state index in [0.717, 1.165) is 16.2 Å². The van der Waals surface area contributed by atoms with Gasteiger partial charge in [0.15, 0.2) is 12.4 Å². The molecule has 8 nitrogen and oxygen atoms in total. The van der Waals surface area contributed by atoms with Gasteiger partial charge in [-0.3, -0.25) is 14.5 Å². The number of imide groups is 1. The molecule has 2 heterocycles. The minimum atomic E-state index is -0.986. The molecule has 0 radical (unpaired) electrons. The van der Waals surface area contributed by atoms with Crippen molar-refractivity contribution in [2.45, 2.75) is 32.4 Å². The fourth-order valence-electron chi connectivity index (χ4n) is 3.85. The van der Waals surface area contributed by atoms with Gasteiger partial charge in [0, 0.05) is 11.6 Å². The van der Waals surface area contributed by atoms with E-state index in [9.17, 15) is 14.4 Å². The van der Waals surface area contributed by atoms with Gasteiger partial charge in [0.2, 0.25) is 11.8 Å². The molecule has 0 spiro atoms. The molecular weight excluding hydrogens is 388 g/mol. The number of esters is 1. The third-order valence-corrected chi connectivity index (χ3v) is 5.57. The minimum absolute atomic E-state index is 0.142. The molecule has 156 valence electrons. The Kier molecular flexibility index (Phi) is 5.39. The molecule has 30 heavy (non-hydrogen) atoms. The van der Waals surface area contributed by atoms with Gasteiger partial charge >= 0.3 is 5.97 Å². The van der Waals surface area contributed by atoms with E-state index in [1.807, 2.05) is 36.4 Å². The second-order valence-electron chi connectivity index (χ2n) is 7.39. The lowest BCUT2D eigenvalue weighted by Crippen LogP contribution is -2.44. The van der Waals surface area contributed by atoms with E-state index in [1.165, 1.54) is 6.92 Å². The Hall–Kier alpha value is -3.42. The summed E-state index contributed by atoms with van der Waals surface area (Å²) in [6, 6.07) is 7.98. The molecule has 0 N–H and O–H groups in total. The highest BCUT2D eigenvalue weighted by Crippen LogP contribution is 2.36. The number of rotatable bonds is 6. The van der Waals surface area contributed by atoms with E-state index in [-0.39, 0.29) is 30.3 Å². The lowest BCUT2D eigenvalue weighted by Gasteiger charge is -2.21. The van der Waals surface area contributed by atoms with E-state index in [4.69, 9.17) is 14.0 Å². The fourth-order valence-corrected chi connectivity index (χ4v) is 3.85. The number of hydrogen-bond acceptors (Lipinski definition) is 7. The van der Waals surface area contributed by atoms with Crippen molar-refractivity contribution in [1.82, 2.24) is 10.1 Å². The van der Waals surface area contributed by atoms with E-state index >= 15 is 0 Å². The predicted octanol–water partition coefficient (Wildman–Crippen LogP) is 2.73. The summed E-state index contributed by atoms with van der Waals surface area (Å²) in [5, 5.41) is 3.98. The Bertz CT molecular complexity index is 967. The van der Waals surface area contributed by atoms with Crippen molar-refractivity contribution in [3.8, 4) is 17.0 Å². The van der Waals surface area contributed by atoms with Gasteiger partial charge in [0.25, 0.3) is 0 Å². The van der Waals surface area contributed by atoms with Gasteiger partial charge in [-0.15, -0.1) is 0 Å². The Morgan fingerprint density at radius 1 is 1.17 bits per heavy atom. The van der Waals surface area contributed by atoms with Gasteiger partial charge in [-0.05, 0) is 44.0 Å². The number of carbonyl (C=O) groups excluding carboxylic acids is 3. The second-order valence-corrected chi connectivity index (χ2v) is 7.39. The van der Waals surface area contributed by atoms with Crippen LogP contribution in [0.4, 0.5) is 0 Å². The van der Waals surface area contributed by atoms with Gasteiger partial charge in [0.05, 0.1) is 18.9 Å². The van der Waals surface area contributed by atoms with Crippen molar-refractivity contribution in [2.24, 2.45) is 11.8 Å². The van der Waals surface area contributed by atoms with Gasteiger partial charge in [-0.25, -0.2) is 4.79 Å². The van der Waals surface area contributed by atoms with Crippen LogP contribution >= 0.6 is 0 Å². The molecule has 0 bridgehead atoms. The average molecular weight is 410 g/mol. The van der Waals surface area contributed by atoms with Crippen LogP contribution < -0.4 is 4.74 Å². The van der Waals surface area contributed by atoms with E-state index in [0.29, 0.717) is 24.3 Å². The standard InChI is InChI=1S/C22H22N2O6/c1-13(24-20(25)17-5-3-4-6-18(17)21(24)26)22(27)29-12-16-11-19(23-30-16)14-7-9-15(28-2)10-8-14/h3-4,7-11,13,17-18H,5-6,12H2,1-2H3/t13-,17-,18+/m0/s1. The monoisotopic (exact) mass is 410 g/mol. The number of nitrogens with zero attached hydrogens (tertiary/aromatic N) is 2. The predicted molar refractivity (Wildman–Crippen MR) is 105 cm³/mol. The molecule has 2 amide bonds. The van der Waals surface area contributed by atoms with E-state index in [1.54, 1.807) is 13.2 Å². The summed E-state index contributed by atoms with van der Waals surface area (Å²) in [7, 11) is 1.59. The third kappa shape index (κ3) is 3.60. The van der Waals surface area contributed by atoms with Crippen molar-refractivity contribution in [2.75, 3.05) is 7.11 Å². The highest BCUT2D eigenvalue weighted by Gasteiger charge is 2.50. The summed E-state index contributed by atoms with van der Waals surface area (Å²) in [6.45, 7) is 1.36. The largest absolute Gasteiger partial charge is 0.497 e. The van der Waals surface area contributed by atoms with Crippen molar-refractivity contribution in [3.63, 3.8) is 0 Å². The quantitative estimate of drug-likeness (QED) is 0.410. The minimum Gasteiger partial charge on any atom is -0.497 e. The summed E-state index contributed by atoms with van der Waals surface area (Å²) in [4.78, 5) is 38.7. The van der Waals surface area contributed by atoms with Crippen molar-refractivity contribution in [3.05, 3.63) is 48.2 Å². The highest BCUT2D eigenvalue weighted by atomic mass is 16.6. The summed E-state index contributed by atoms with van der Waals surface area (Å²) in [6.07, 6.45) is 4.87. The number of carbonyl (C=O) groups is 3. The number of likely N-dealkylation sites (tertiary alicyclic amines) is 1. The molecule has 0 unspecified atom stereocenters. The molecule has 4 rings (SSSR count). The number of methoxy groups -OCH3 is 1. The number of fused-ring (bicyclic) bond motifs is 1. The topological polar surface area (TPSA) is 98.9 Å². The van der Waals surface area contributed by atoms with Crippen LogP contribution in [0.5, 0.6) is 5.75 Å². The highest BCUT2D eigenvalue weighted by molar-refractivity contribution is 6.08. The Labute approximate surface area is 173 Å². The summed E-state index contributed by atoms with van der Waals surface area (Å²) in [5.41, 5.74) is 1.42. The first-order valence-corrected chi connectivity index (χ1v) is 9.78. The third-order valence-electron chi connectivity index (χ3n) is 5.57. The van der Waals surface area contributed by atoms with Crippen LogP contribution in [-0.2, 0) is 25.7 Å². The van der Waals surface area contributed by atoms with Gasteiger partial charge in [-0.1, -0.05) is 17.3 Å². The van der Waals surface area contributed by atoms with Crippen LogP contribution in [-0.4, -0.2) is 41.0 Å². The van der Waals surface area contributed by atoms with Crippen LogP contribution in [0.25, 0.3) is 11.3 Å². The number of ether oxygens (including phenoxy) is 2. The van der Waals surface area contributed by atoms with Crippen molar-refractivity contribution < 1.29 is 28.4 Å². The maximum atomic E-state index is 12.6. The summed E-state index contributed by atoms with van der Waals surface area (Å²) < 4.78 is 15.6. The molecule has 8 heteroatoms. The zero-order valence-electron chi connectivity index (χ0n) is 16.7. The molecule has 1 aliphatic heterocycles. The maximum absolute atomic E-state index is 12.6. The first-order valence-electron chi connectivity index (χ1n) is 9.78. The van der Waals surface area contributed by atoms with Gasteiger partial charge in [-0.2, -0.15) is 0 Å². The average Bonchev–Trinajstić information content (AvgIpc) is 3.35. The number of allylic oxidation sites excluding steroid dienone is 2. The SMILES string of the molecule is COc1ccc(-c2cc(COC(=O)[C@H](C)N3C(=O)[C@H]4CC=CC[C@H]4C3=O)on2)cc1. The maximum Gasteiger partial charge on any atom is 0.329 e. The molecular formula is C22H22N2O6. The van der Waals surface area contributed by atoms with Gasteiger partial charge in [0.1, 0.15) is 17.5 Å². The molecule has 1 aromatic carbocycles. The van der Waals surface area contributed by atoms with E-state index < -0.39 is 12.0 Å². The van der Waals surface area contributed by atoms with Gasteiger partial charge < -0.3 is 14.0 Å². The lowest BCUT2D eigenvalue weighted by atomic mass is 9.85. The molecule has 0 saturated carbocycles. The smallest absolute Gasteiger partial charge is 0.329 e. The number of hydrogen-bond donors (Lipinski definition) is 0. The molecule has 2 aliphatic rings. The molecule has 1 aliphatic carbocycles. The van der Waals surface area contributed by atoms with Crippen LogP contribution in [0, 0.1) is 11.8 Å². The zero-order valence-corrected chi connectivity index (χ0v) is 16.7. The van der Waals surface area contributed by atoms with Crippen LogP contribution in [0.15, 0.2) is 47.0 Å². The Morgan fingerprint density at radius 3 is 2.40 bits per heavy atom. The molecule has 1 aromatic heterocycles. The number of benzene rings is 1. The normalized spacial score (nSPS) is 21.5. The first-order chi connectivity index (χ1) is 14.5. The number of amides is 2. The molecule has 1 fully saturated rings. The Balaban J connectivity index is 1.37. The lowest BCUT2D eigenvalue weighted by molar-refractivity contribution is -0.159. The zero-order chi connectivity index (χ0) is 21.3. The fraction of sp³-hybridized carbons (Fsp3) is 0.364. The van der Waals surface area contributed by atoms with Crippen molar-refractivity contribution >= 4 is 17.8 Å². The van der Waals surface area contributed by atoms with Crippen molar-refractivity contribution in [1.29, 1.82) is 0 Å². The van der Waals surface area contributed by atoms with E-state index in [2.05, 4.69) is 5.16 Å². The van der Waals surface area contributed by atoms with Crippen LogP contribution in [0.3, 0.4) is 0 Å². The molecule has 2 aromatic rings.